The van der Waals surface area contributed by atoms with E-state index in [1.807, 2.05) is 10.7 Å². The largest absolute Gasteiger partial charge is 0.330 e. The quantitative estimate of drug-likeness (QED) is 0.506. The van der Waals surface area contributed by atoms with Gasteiger partial charge >= 0.3 is 0 Å². The van der Waals surface area contributed by atoms with Gasteiger partial charge in [-0.3, -0.25) is 9.48 Å². The molecule has 0 radical (unpaired) electrons. The van der Waals surface area contributed by atoms with Gasteiger partial charge in [-0.1, -0.05) is 0 Å². The van der Waals surface area contributed by atoms with Gasteiger partial charge in [0.25, 0.3) is 0 Å². The Morgan fingerprint density at radius 2 is 2.03 bits per heavy atom. The molecule has 1 aliphatic heterocycles. The molecule has 0 aliphatic carbocycles. The van der Waals surface area contributed by atoms with E-state index < -0.39 is 11.6 Å². The summed E-state index contributed by atoms with van der Waals surface area (Å²) in [6.07, 6.45) is 4.27. The van der Waals surface area contributed by atoms with E-state index in [2.05, 4.69) is 21.0 Å². The summed E-state index contributed by atoms with van der Waals surface area (Å²) in [6, 6.07) is 5.37. The predicted octanol–water partition coefficient (Wildman–Crippen LogP) is 4.99. The van der Waals surface area contributed by atoms with Crippen LogP contribution in [0.5, 0.6) is 0 Å². The molecule has 8 heteroatoms. The normalized spacial score (nSPS) is 14.2. The number of carbonyl (C=O) groups excluding carboxylic acids is 1. The number of fused-ring (bicyclic) bond motifs is 3. The topological polar surface area (TPSA) is 60.9 Å². The van der Waals surface area contributed by atoms with Crippen LogP contribution in [0.1, 0.15) is 33.0 Å². The highest BCUT2D eigenvalue weighted by Crippen LogP contribution is 2.39. The van der Waals surface area contributed by atoms with E-state index in [0.29, 0.717) is 16.9 Å². The first-order valence-electron chi connectivity index (χ1n) is 9.47. The first kappa shape index (κ1) is 20.4. The van der Waals surface area contributed by atoms with E-state index in [1.54, 1.807) is 6.20 Å². The van der Waals surface area contributed by atoms with Crippen LogP contribution in [0.3, 0.4) is 0 Å². The Balaban J connectivity index is 1.54. The molecule has 0 saturated heterocycles. The smallest absolute Gasteiger partial charge is 0.173 e. The minimum absolute atomic E-state index is 0.0117. The maximum absolute atomic E-state index is 13.5. The van der Waals surface area contributed by atoms with E-state index >= 15 is 0 Å². The molecule has 3 aromatic rings. The van der Waals surface area contributed by atoms with Crippen molar-refractivity contribution in [1.82, 2.24) is 9.78 Å². The number of thiophene rings is 1. The fourth-order valence-corrected chi connectivity index (χ4v) is 5.47. The van der Waals surface area contributed by atoms with Gasteiger partial charge in [0.1, 0.15) is 11.6 Å². The van der Waals surface area contributed by atoms with Gasteiger partial charge in [0.15, 0.2) is 5.78 Å². The van der Waals surface area contributed by atoms with Gasteiger partial charge in [0.2, 0.25) is 0 Å². The van der Waals surface area contributed by atoms with Crippen molar-refractivity contribution in [2.24, 2.45) is 11.7 Å². The van der Waals surface area contributed by atoms with Crippen LogP contribution in [0.2, 0.25) is 0 Å². The zero-order valence-corrected chi connectivity index (χ0v) is 18.0. The minimum Gasteiger partial charge on any atom is -0.330 e. The highest BCUT2D eigenvalue weighted by molar-refractivity contribution is 9.10. The summed E-state index contributed by atoms with van der Waals surface area (Å²) < 4.78 is 29.8. The van der Waals surface area contributed by atoms with E-state index in [0.717, 1.165) is 41.2 Å². The lowest BCUT2D eigenvalue weighted by Crippen LogP contribution is -2.20. The van der Waals surface area contributed by atoms with E-state index in [9.17, 15) is 13.6 Å². The lowest BCUT2D eigenvalue weighted by Gasteiger charge is -2.14. The molecule has 3 heterocycles. The Labute approximate surface area is 179 Å². The zero-order chi connectivity index (χ0) is 20.5. The van der Waals surface area contributed by atoms with Gasteiger partial charge in [-0.05, 0) is 71.4 Å². The average molecular weight is 480 g/mol. The number of aromatic nitrogens is 2. The van der Waals surface area contributed by atoms with E-state index in [4.69, 9.17) is 5.73 Å². The highest BCUT2D eigenvalue weighted by atomic mass is 79.9. The number of nitrogens with two attached hydrogens (primary N) is 1. The first-order valence-corrected chi connectivity index (χ1v) is 11.1. The van der Waals surface area contributed by atoms with Gasteiger partial charge < -0.3 is 5.73 Å². The van der Waals surface area contributed by atoms with Crippen molar-refractivity contribution in [2.75, 3.05) is 6.54 Å². The molecule has 0 amide bonds. The summed E-state index contributed by atoms with van der Waals surface area (Å²) >= 11 is 5.09. The van der Waals surface area contributed by atoms with Crippen molar-refractivity contribution in [1.29, 1.82) is 0 Å². The monoisotopic (exact) mass is 479 g/mol. The number of benzene rings is 1. The summed E-state index contributed by atoms with van der Waals surface area (Å²) in [4.78, 5) is 14.8. The molecule has 4 rings (SSSR count). The number of hydrogen-bond donors (Lipinski definition) is 1. The third-order valence-corrected chi connectivity index (χ3v) is 6.98. The van der Waals surface area contributed by atoms with Crippen molar-refractivity contribution in [3.8, 4) is 11.3 Å². The second-order valence-corrected chi connectivity index (χ2v) is 9.32. The zero-order valence-electron chi connectivity index (χ0n) is 15.6. The predicted molar refractivity (Wildman–Crippen MR) is 113 cm³/mol. The number of Topliss-reactive ketones (excluding diaryl/α,β-unsaturated/α-hetero) is 1. The van der Waals surface area contributed by atoms with Crippen molar-refractivity contribution in [3.05, 3.63) is 61.9 Å². The van der Waals surface area contributed by atoms with Gasteiger partial charge in [-0.2, -0.15) is 5.10 Å². The average Bonchev–Trinajstić information content (AvgIpc) is 3.19. The highest BCUT2D eigenvalue weighted by Gasteiger charge is 2.24. The van der Waals surface area contributed by atoms with E-state index in [1.165, 1.54) is 28.3 Å². The molecule has 0 saturated carbocycles. The molecular formula is C21H20BrF2N3OS. The lowest BCUT2D eigenvalue weighted by molar-refractivity contribution is 0.0966. The standard InChI is InChI=1S/C21H20BrF2N3OS/c22-17-11-26-27-3-1-2-19-16(21(17)27)9-20(29-19)18(28)7-13(10-25)4-12-5-14(23)8-15(24)6-12/h5-6,8-9,11,13H,1-4,7,10,25H2. The Morgan fingerprint density at radius 3 is 2.76 bits per heavy atom. The SMILES string of the molecule is NCC(CC(=O)c1cc2c(s1)CCCn1ncc(Br)c1-2)Cc1cc(F)cc(F)c1. The van der Waals surface area contributed by atoms with Crippen LogP contribution in [-0.2, 0) is 19.4 Å². The Bertz CT molecular complexity index is 1040. The van der Waals surface area contributed by atoms with Crippen LogP contribution in [-0.4, -0.2) is 22.1 Å². The number of aryl methyl sites for hydroxylation is 2. The molecular weight excluding hydrogens is 460 g/mol. The fraction of sp³-hybridized carbons (Fsp3) is 0.333. The lowest BCUT2D eigenvalue weighted by atomic mass is 9.93. The maximum Gasteiger partial charge on any atom is 0.173 e. The van der Waals surface area contributed by atoms with Crippen molar-refractivity contribution in [2.45, 2.75) is 32.2 Å². The van der Waals surface area contributed by atoms with Crippen LogP contribution < -0.4 is 5.73 Å². The molecule has 2 aromatic heterocycles. The molecule has 29 heavy (non-hydrogen) atoms. The molecule has 0 bridgehead atoms. The Kier molecular flexibility index (Phi) is 5.94. The molecule has 2 N–H and O–H groups in total. The summed E-state index contributed by atoms with van der Waals surface area (Å²) in [5.74, 6) is -1.40. The second-order valence-electron chi connectivity index (χ2n) is 7.33. The minimum atomic E-state index is -0.619. The van der Waals surface area contributed by atoms with Crippen molar-refractivity contribution in [3.63, 3.8) is 0 Å². The molecule has 152 valence electrons. The van der Waals surface area contributed by atoms with Crippen LogP contribution in [0.4, 0.5) is 8.78 Å². The summed E-state index contributed by atoms with van der Waals surface area (Å²) in [6.45, 7) is 1.12. The molecule has 1 aromatic carbocycles. The number of carbonyl (C=O) groups is 1. The van der Waals surface area contributed by atoms with Gasteiger partial charge in [-0.15, -0.1) is 11.3 Å². The van der Waals surface area contributed by atoms with Gasteiger partial charge in [-0.25, -0.2) is 8.78 Å². The third kappa shape index (κ3) is 4.34. The van der Waals surface area contributed by atoms with E-state index in [-0.39, 0.29) is 24.7 Å². The van der Waals surface area contributed by atoms with Gasteiger partial charge in [0, 0.05) is 29.5 Å². The Hall–Kier alpha value is -1.90. The van der Waals surface area contributed by atoms with Crippen LogP contribution >= 0.6 is 27.3 Å². The summed E-state index contributed by atoms with van der Waals surface area (Å²) in [5, 5.41) is 4.40. The Morgan fingerprint density at radius 1 is 1.28 bits per heavy atom. The number of halogens is 3. The second kappa shape index (κ2) is 8.45. The van der Waals surface area contributed by atoms with Gasteiger partial charge in [0.05, 0.1) is 21.2 Å². The molecule has 1 unspecified atom stereocenters. The summed E-state index contributed by atoms with van der Waals surface area (Å²) in [5.41, 5.74) is 8.44. The van der Waals surface area contributed by atoms with Crippen LogP contribution in [0.15, 0.2) is 34.9 Å². The molecule has 1 atom stereocenters. The number of ketones is 1. The third-order valence-electron chi connectivity index (χ3n) is 5.16. The van der Waals surface area contributed by atoms with Crippen LogP contribution in [0.25, 0.3) is 11.3 Å². The fourth-order valence-electron chi connectivity index (χ4n) is 3.81. The number of rotatable bonds is 6. The molecule has 4 nitrogen and oxygen atoms in total. The van der Waals surface area contributed by atoms with Crippen molar-refractivity contribution < 1.29 is 13.6 Å². The van der Waals surface area contributed by atoms with Crippen molar-refractivity contribution >= 4 is 33.0 Å². The van der Waals surface area contributed by atoms with Crippen LogP contribution in [0, 0.1) is 17.6 Å². The number of hydrogen-bond acceptors (Lipinski definition) is 4. The maximum atomic E-state index is 13.5. The first-order chi connectivity index (χ1) is 13.9. The molecule has 1 aliphatic rings. The molecule has 0 fully saturated rings. The molecule has 0 spiro atoms. The summed E-state index contributed by atoms with van der Waals surface area (Å²) in [7, 11) is 0. The number of nitrogens with zero attached hydrogens (tertiary/aromatic N) is 2.